The Morgan fingerprint density at radius 2 is 1.87 bits per heavy atom. The Morgan fingerprint density at radius 1 is 1.13 bits per heavy atom. The van der Waals surface area contributed by atoms with Crippen molar-refractivity contribution in [2.45, 2.75) is 77.0 Å². The molecule has 0 aliphatic heterocycles. The van der Waals surface area contributed by atoms with E-state index < -0.39 is 5.91 Å². The molecule has 0 aromatic heterocycles. The number of rotatable bonds is 8. The van der Waals surface area contributed by atoms with E-state index in [0.29, 0.717) is 18.4 Å². The molecule has 1 aromatic carbocycles. The summed E-state index contributed by atoms with van der Waals surface area (Å²) in [5, 5.41) is 12.0. The summed E-state index contributed by atoms with van der Waals surface area (Å²) in [4.78, 5) is 24.1. The summed E-state index contributed by atoms with van der Waals surface area (Å²) >= 11 is 0. The molecule has 3 N–H and O–H groups in total. The molecule has 164 valence electrons. The molecule has 0 heterocycles. The Balaban J connectivity index is 1.59. The predicted octanol–water partition coefficient (Wildman–Crippen LogP) is 3.98. The van der Waals surface area contributed by atoms with Crippen molar-refractivity contribution in [3.8, 4) is 0 Å². The van der Waals surface area contributed by atoms with Gasteiger partial charge in [-0.25, -0.2) is 5.48 Å². The van der Waals surface area contributed by atoms with Crippen LogP contribution in [0, 0.1) is 11.8 Å². The molecule has 0 saturated heterocycles. The number of carbonyl (C=O) groups excluding carboxylic acids is 2. The van der Waals surface area contributed by atoms with Crippen LogP contribution in [0.4, 0.5) is 0 Å². The first kappa shape index (κ1) is 22.5. The zero-order valence-corrected chi connectivity index (χ0v) is 17.8. The summed E-state index contributed by atoms with van der Waals surface area (Å²) in [6, 6.07) is 7.52. The van der Waals surface area contributed by atoms with Crippen molar-refractivity contribution in [3.63, 3.8) is 0 Å². The van der Waals surface area contributed by atoms with Crippen LogP contribution >= 0.6 is 0 Å². The van der Waals surface area contributed by atoms with E-state index in [0.717, 1.165) is 43.2 Å². The maximum absolute atomic E-state index is 13.0. The van der Waals surface area contributed by atoms with Gasteiger partial charge in [0, 0.05) is 12.6 Å². The average molecular weight is 415 g/mol. The van der Waals surface area contributed by atoms with Crippen molar-refractivity contribution < 1.29 is 19.5 Å². The lowest BCUT2D eigenvalue weighted by Crippen LogP contribution is -2.45. The number of hydroxylamine groups is 1. The molecule has 3 atom stereocenters. The molecule has 2 aliphatic carbocycles. The van der Waals surface area contributed by atoms with Gasteiger partial charge in [0.15, 0.2) is 0 Å². The second-order valence-electron chi connectivity index (χ2n) is 8.78. The lowest BCUT2D eigenvalue weighted by molar-refractivity contribution is -0.153. The van der Waals surface area contributed by atoms with Crippen molar-refractivity contribution in [1.82, 2.24) is 10.8 Å². The Kier molecular flexibility index (Phi) is 8.46. The van der Waals surface area contributed by atoms with Gasteiger partial charge >= 0.3 is 5.97 Å². The van der Waals surface area contributed by atoms with Gasteiger partial charge in [0.1, 0.15) is 12.1 Å². The van der Waals surface area contributed by atoms with Crippen LogP contribution in [-0.2, 0) is 20.9 Å². The van der Waals surface area contributed by atoms with E-state index in [-0.39, 0.29) is 18.1 Å². The first-order chi connectivity index (χ1) is 14.5. The number of hydrogen-bond donors (Lipinski definition) is 3. The molecule has 6 heteroatoms. The Labute approximate surface area is 179 Å². The van der Waals surface area contributed by atoms with Crippen molar-refractivity contribution >= 4 is 18.0 Å². The maximum Gasteiger partial charge on any atom is 0.323 e. The lowest BCUT2D eigenvalue weighted by Gasteiger charge is -2.30. The van der Waals surface area contributed by atoms with E-state index in [1.54, 1.807) is 11.6 Å². The molecular weight excluding hydrogens is 380 g/mol. The third-order valence-corrected chi connectivity index (χ3v) is 6.35. The monoisotopic (exact) mass is 414 g/mol. The van der Waals surface area contributed by atoms with E-state index >= 15 is 0 Å². The van der Waals surface area contributed by atoms with E-state index in [1.165, 1.54) is 25.3 Å². The zero-order valence-electron chi connectivity index (χ0n) is 17.8. The summed E-state index contributed by atoms with van der Waals surface area (Å²) < 4.78 is 5.90. The van der Waals surface area contributed by atoms with Gasteiger partial charge in [-0.15, -0.1) is 0 Å². The van der Waals surface area contributed by atoms with Crippen LogP contribution in [0.2, 0.25) is 0 Å². The van der Waals surface area contributed by atoms with E-state index in [1.807, 2.05) is 24.3 Å². The molecule has 2 aliphatic rings. The van der Waals surface area contributed by atoms with Crippen LogP contribution in [0.5, 0.6) is 0 Å². The number of esters is 1. The number of nitrogens with one attached hydrogen (secondary N) is 2. The Hall–Kier alpha value is -2.18. The number of amides is 1. The minimum atomic E-state index is -0.564. The van der Waals surface area contributed by atoms with Gasteiger partial charge in [-0.1, -0.05) is 50.5 Å². The van der Waals surface area contributed by atoms with Crippen molar-refractivity contribution in [2.24, 2.45) is 11.8 Å². The highest BCUT2D eigenvalue weighted by Crippen LogP contribution is 2.30. The molecule has 0 radical (unpaired) electrons. The molecule has 3 rings (SSSR count). The quantitative estimate of drug-likeness (QED) is 0.259. The fraction of sp³-hybridized carbons (Fsp3) is 0.583. The highest BCUT2D eigenvalue weighted by atomic mass is 16.5. The van der Waals surface area contributed by atoms with Crippen LogP contribution < -0.4 is 10.8 Å². The molecule has 1 amide bonds. The number of ether oxygens (including phenoxy) is 1. The fourth-order valence-electron chi connectivity index (χ4n) is 4.59. The number of benzene rings is 1. The zero-order chi connectivity index (χ0) is 21.3. The minimum Gasteiger partial charge on any atom is -0.461 e. The second-order valence-corrected chi connectivity index (χ2v) is 8.78. The van der Waals surface area contributed by atoms with Crippen LogP contribution in [0.3, 0.4) is 0 Å². The van der Waals surface area contributed by atoms with Crippen LogP contribution in [0.15, 0.2) is 30.3 Å². The van der Waals surface area contributed by atoms with Crippen molar-refractivity contribution in [1.29, 1.82) is 0 Å². The molecule has 2 saturated carbocycles. The average Bonchev–Trinajstić information content (AvgIpc) is 3.18. The molecular formula is C24H34N2O4. The predicted molar refractivity (Wildman–Crippen MR) is 116 cm³/mol. The topological polar surface area (TPSA) is 87.7 Å². The fourth-order valence-corrected chi connectivity index (χ4v) is 4.59. The van der Waals surface area contributed by atoms with Gasteiger partial charge in [-0.2, -0.15) is 0 Å². The van der Waals surface area contributed by atoms with Crippen LogP contribution in [0.1, 0.15) is 69.4 Å². The molecule has 2 fully saturated rings. The SMILES string of the molecule is CC1CCC(OC(=O)[C@@H](NCc2ccc(/C=C/C(=O)NO)cc2)C2CCCCC2)C1. The Morgan fingerprint density at radius 3 is 2.50 bits per heavy atom. The third-order valence-electron chi connectivity index (χ3n) is 6.35. The maximum atomic E-state index is 13.0. The molecule has 6 nitrogen and oxygen atoms in total. The summed E-state index contributed by atoms with van der Waals surface area (Å²) in [7, 11) is 0. The van der Waals surface area contributed by atoms with Gasteiger partial charge in [0.05, 0.1) is 0 Å². The first-order valence-corrected chi connectivity index (χ1v) is 11.2. The highest BCUT2D eigenvalue weighted by molar-refractivity contribution is 5.90. The lowest BCUT2D eigenvalue weighted by atomic mass is 9.83. The summed E-state index contributed by atoms with van der Waals surface area (Å²) in [6.07, 6.45) is 11.8. The number of hydrogen-bond acceptors (Lipinski definition) is 5. The molecule has 0 spiro atoms. The summed E-state index contributed by atoms with van der Waals surface area (Å²) in [6.45, 7) is 2.82. The first-order valence-electron chi connectivity index (χ1n) is 11.2. The van der Waals surface area contributed by atoms with E-state index in [2.05, 4.69) is 12.2 Å². The van der Waals surface area contributed by atoms with Crippen molar-refractivity contribution in [2.75, 3.05) is 0 Å². The van der Waals surface area contributed by atoms with Gasteiger partial charge in [0.2, 0.25) is 0 Å². The summed E-state index contributed by atoms with van der Waals surface area (Å²) in [5.41, 5.74) is 3.50. The Bertz CT molecular complexity index is 725. The molecule has 0 bridgehead atoms. The van der Waals surface area contributed by atoms with Crippen molar-refractivity contribution in [3.05, 3.63) is 41.5 Å². The van der Waals surface area contributed by atoms with E-state index in [9.17, 15) is 9.59 Å². The van der Waals surface area contributed by atoms with Gasteiger partial charge < -0.3 is 10.1 Å². The molecule has 1 aromatic rings. The van der Waals surface area contributed by atoms with Gasteiger partial charge in [-0.3, -0.25) is 14.8 Å². The summed E-state index contributed by atoms with van der Waals surface area (Å²) in [5.74, 6) is 0.325. The van der Waals surface area contributed by atoms with Crippen LogP contribution in [-0.4, -0.2) is 29.2 Å². The van der Waals surface area contributed by atoms with Gasteiger partial charge in [0.25, 0.3) is 5.91 Å². The van der Waals surface area contributed by atoms with Gasteiger partial charge in [-0.05, 0) is 61.1 Å². The standard InChI is InChI=1S/C24H34N2O4/c1-17-7-13-21(15-17)30-24(28)23(20-5-3-2-4-6-20)25-16-19-10-8-18(9-11-19)12-14-22(27)26-29/h8-12,14,17,20-21,23,25,29H,2-7,13,15-16H2,1H3,(H,26,27)/b14-12+/t17?,21?,23-/m0/s1. The number of carbonyl (C=O) groups is 2. The molecule has 2 unspecified atom stereocenters. The molecule has 30 heavy (non-hydrogen) atoms. The normalized spacial score (nSPS) is 23.4. The largest absolute Gasteiger partial charge is 0.461 e. The van der Waals surface area contributed by atoms with Crippen LogP contribution in [0.25, 0.3) is 6.08 Å². The third kappa shape index (κ3) is 6.67. The highest BCUT2D eigenvalue weighted by Gasteiger charge is 2.33. The second kappa shape index (κ2) is 11.3. The van der Waals surface area contributed by atoms with E-state index in [4.69, 9.17) is 9.94 Å². The smallest absolute Gasteiger partial charge is 0.323 e. The minimum absolute atomic E-state index is 0.0718.